The van der Waals surface area contributed by atoms with Crippen molar-refractivity contribution in [3.05, 3.63) is 25.4 Å². The van der Waals surface area contributed by atoms with Gasteiger partial charge in [-0.05, 0) is 22.6 Å². The highest BCUT2D eigenvalue weighted by molar-refractivity contribution is 14.1. The van der Waals surface area contributed by atoms with Crippen molar-refractivity contribution >= 4 is 40.1 Å². The Labute approximate surface area is 110 Å². The Hall–Kier alpha value is -1.07. The number of halogens is 2. The number of nitrogens with one attached hydrogen (secondary N) is 1. The predicted molar refractivity (Wildman–Crippen MR) is 68.1 cm³/mol. The maximum atomic E-state index is 11.6. The number of carbonyl (C=O) groups is 1. The van der Waals surface area contributed by atoms with E-state index in [1.54, 1.807) is 22.6 Å². The first-order valence-electron chi connectivity index (χ1n) is 4.17. The summed E-state index contributed by atoms with van der Waals surface area (Å²) in [6.45, 7) is 0.00633. The Bertz CT molecular complexity index is 506. The van der Waals surface area contributed by atoms with Crippen molar-refractivity contribution in [2.75, 3.05) is 6.54 Å². The Kier molecular flexibility index (Phi) is 4.76. The number of carbonyl (C=O) groups excluding carboxylic acids is 1. The van der Waals surface area contributed by atoms with Gasteiger partial charge in [-0.25, -0.2) is 4.98 Å². The van der Waals surface area contributed by atoms with Crippen molar-refractivity contribution in [2.24, 2.45) is 0 Å². The number of hydrogen-bond acceptors (Lipinski definition) is 3. The van der Waals surface area contributed by atoms with Crippen molar-refractivity contribution in [2.45, 2.75) is 6.54 Å². The van der Waals surface area contributed by atoms with Crippen molar-refractivity contribution in [3.8, 4) is 12.3 Å². The summed E-state index contributed by atoms with van der Waals surface area (Å²) in [5.41, 5.74) is -0.351. The molecular weight excluding hydrogens is 344 g/mol. The second-order valence-electron chi connectivity index (χ2n) is 2.76. The highest BCUT2D eigenvalue weighted by atomic mass is 127. The van der Waals surface area contributed by atoms with Gasteiger partial charge >= 0.3 is 0 Å². The molecule has 0 bridgehead atoms. The number of amides is 1. The third-order valence-corrected chi connectivity index (χ3v) is 3.22. The predicted octanol–water partition coefficient (Wildman–Crippen LogP) is 0.251. The number of terminal acetylenes is 1. The number of aromatic nitrogens is 2. The standard InChI is InChI=1S/C9H7ClIN3O2/c1-2-3-12-6(15)4-14-5-13-8(10)7(11)9(14)16/h1,5H,3-4H2,(H,12,15). The van der Waals surface area contributed by atoms with Crippen molar-refractivity contribution in [1.82, 2.24) is 14.9 Å². The lowest BCUT2D eigenvalue weighted by Crippen LogP contribution is -2.33. The van der Waals surface area contributed by atoms with E-state index in [1.165, 1.54) is 10.9 Å². The topological polar surface area (TPSA) is 64.0 Å². The van der Waals surface area contributed by atoms with E-state index >= 15 is 0 Å². The molecule has 0 saturated carbocycles. The van der Waals surface area contributed by atoms with E-state index in [0.29, 0.717) is 0 Å². The van der Waals surface area contributed by atoms with E-state index in [4.69, 9.17) is 18.0 Å². The Morgan fingerprint density at radius 1 is 1.75 bits per heavy atom. The number of nitrogens with zero attached hydrogens (tertiary/aromatic N) is 2. The summed E-state index contributed by atoms with van der Waals surface area (Å²) in [6, 6.07) is 0. The van der Waals surface area contributed by atoms with Gasteiger partial charge in [-0.1, -0.05) is 17.5 Å². The average molecular weight is 352 g/mol. The van der Waals surface area contributed by atoms with Gasteiger partial charge in [0.2, 0.25) is 5.91 Å². The Morgan fingerprint density at radius 3 is 3.06 bits per heavy atom. The molecule has 0 fully saturated rings. The van der Waals surface area contributed by atoms with Gasteiger partial charge in [0, 0.05) is 0 Å². The van der Waals surface area contributed by atoms with E-state index in [-0.39, 0.29) is 33.3 Å². The van der Waals surface area contributed by atoms with Gasteiger partial charge in [0.15, 0.2) is 0 Å². The molecule has 1 rings (SSSR count). The van der Waals surface area contributed by atoms with Gasteiger partial charge in [-0.3, -0.25) is 14.2 Å². The molecule has 1 aromatic heterocycles. The normalized spacial score (nSPS) is 9.56. The summed E-state index contributed by atoms with van der Waals surface area (Å²) < 4.78 is 1.45. The average Bonchev–Trinajstić information content (AvgIpc) is 2.27. The molecule has 1 heterocycles. The number of hydrogen-bond donors (Lipinski definition) is 1. The van der Waals surface area contributed by atoms with Crippen LogP contribution in [0.4, 0.5) is 0 Å². The third kappa shape index (κ3) is 3.21. The molecule has 5 nitrogen and oxygen atoms in total. The van der Waals surface area contributed by atoms with Crippen LogP contribution in [-0.2, 0) is 11.3 Å². The zero-order valence-electron chi connectivity index (χ0n) is 8.04. The molecule has 0 unspecified atom stereocenters. The van der Waals surface area contributed by atoms with Crippen molar-refractivity contribution in [3.63, 3.8) is 0 Å². The molecule has 1 N–H and O–H groups in total. The Morgan fingerprint density at radius 2 is 2.44 bits per heavy atom. The van der Waals surface area contributed by atoms with Gasteiger partial charge in [0.25, 0.3) is 5.56 Å². The van der Waals surface area contributed by atoms with E-state index in [1.807, 2.05) is 0 Å². The van der Waals surface area contributed by atoms with Crippen LogP contribution >= 0.6 is 34.2 Å². The van der Waals surface area contributed by atoms with Gasteiger partial charge in [0.05, 0.1) is 12.9 Å². The SMILES string of the molecule is C#CCNC(=O)Cn1cnc(Cl)c(I)c1=O. The minimum atomic E-state index is -0.351. The van der Waals surface area contributed by atoms with Crippen LogP contribution in [0.1, 0.15) is 0 Å². The highest BCUT2D eigenvalue weighted by Gasteiger charge is 2.09. The molecule has 84 valence electrons. The first-order valence-corrected chi connectivity index (χ1v) is 5.62. The molecule has 0 atom stereocenters. The van der Waals surface area contributed by atoms with Crippen LogP contribution in [0.5, 0.6) is 0 Å². The van der Waals surface area contributed by atoms with Crippen LogP contribution < -0.4 is 10.9 Å². The summed E-state index contributed by atoms with van der Waals surface area (Å²) in [6.07, 6.45) is 6.20. The molecule has 1 amide bonds. The lowest BCUT2D eigenvalue weighted by atomic mass is 10.5. The molecule has 0 aromatic carbocycles. The van der Waals surface area contributed by atoms with E-state index in [0.717, 1.165) is 0 Å². The van der Waals surface area contributed by atoms with Crippen molar-refractivity contribution in [1.29, 1.82) is 0 Å². The minimum Gasteiger partial charge on any atom is -0.344 e. The van der Waals surface area contributed by atoms with Crippen LogP contribution in [0, 0.1) is 15.9 Å². The van der Waals surface area contributed by atoms with E-state index in [2.05, 4.69) is 16.2 Å². The van der Waals surface area contributed by atoms with Crippen LogP contribution in [0.3, 0.4) is 0 Å². The third-order valence-electron chi connectivity index (χ3n) is 1.64. The van der Waals surface area contributed by atoms with Crippen LogP contribution in [-0.4, -0.2) is 22.0 Å². The van der Waals surface area contributed by atoms with Crippen LogP contribution in [0.15, 0.2) is 11.1 Å². The molecule has 0 aliphatic heterocycles. The van der Waals surface area contributed by atoms with Gasteiger partial charge < -0.3 is 5.32 Å². The lowest BCUT2D eigenvalue weighted by Gasteiger charge is -2.05. The molecular formula is C9H7ClIN3O2. The minimum absolute atomic E-state index is 0.124. The molecule has 0 aliphatic carbocycles. The summed E-state index contributed by atoms with van der Waals surface area (Å²) in [5.74, 6) is 1.91. The lowest BCUT2D eigenvalue weighted by molar-refractivity contribution is -0.121. The largest absolute Gasteiger partial charge is 0.344 e. The number of rotatable bonds is 3. The molecule has 0 saturated heterocycles. The fraction of sp³-hybridized carbons (Fsp3) is 0.222. The Balaban J connectivity index is 2.84. The molecule has 1 aromatic rings. The van der Waals surface area contributed by atoms with Gasteiger partial charge in [-0.2, -0.15) is 0 Å². The van der Waals surface area contributed by atoms with E-state index < -0.39 is 0 Å². The highest BCUT2D eigenvalue weighted by Crippen LogP contribution is 2.09. The zero-order valence-corrected chi connectivity index (χ0v) is 10.9. The van der Waals surface area contributed by atoms with Crippen LogP contribution in [0.25, 0.3) is 0 Å². The molecule has 7 heteroatoms. The van der Waals surface area contributed by atoms with E-state index in [9.17, 15) is 9.59 Å². The smallest absolute Gasteiger partial charge is 0.268 e. The molecule has 0 aliphatic rings. The monoisotopic (exact) mass is 351 g/mol. The van der Waals surface area contributed by atoms with Gasteiger partial charge in [0.1, 0.15) is 15.3 Å². The first-order chi connectivity index (χ1) is 7.56. The molecule has 16 heavy (non-hydrogen) atoms. The molecule has 0 spiro atoms. The second-order valence-corrected chi connectivity index (χ2v) is 4.20. The summed E-state index contributed by atoms with van der Waals surface area (Å²) in [5, 5.41) is 2.57. The molecule has 0 radical (unpaired) electrons. The fourth-order valence-corrected chi connectivity index (χ4v) is 1.49. The quantitative estimate of drug-likeness (QED) is 0.482. The summed E-state index contributed by atoms with van der Waals surface area (Å²) >= 11 is 7.43. The summed E-state index contributed by atoms with van der Waals surface area (Å²) in [4.78, 5) is 26.7. The van der Waals surface area contributed by atoms with Gasteiger partial charge in [-0.15, -0.1) is 6.42 Å². The van der Waals surface area contributed by atoms with Crippen molar-refractivity contribution < 1.29 is 4.79 Å². The van der Waals surface area contributed by atoms with Crippen LogP contribution in [0.2, 0.25) is 5.15 Å². The maximum Gasteiger partial charge on any atom is 0.268 e. The second kappa shape index (κ2) is 5.86. The fourth-order valence-electron chi connectivity index (χ4n) is 0.917. The zero-order chi connectivity index (χ0) is 12.1. The summed E-state index contributed by atoms with van der Waals surface area (Å²) in [7, 11) is 0. The maximum absolute atomic E-state index is 11.6. The first kappa shape index (κ1) is 13.0.